The van der Waals surface area contributed by atoms with Crippen molar-refractivity contribution in [1.82, 2.24) is 10.0 Å². The quantitative estimate of drug-likeness (QED) is 0.712. The number of nitrogens with one attached hydrogen (secondary N) is 2. The number of halogens is 1. The van der Waals surface area contributed by atoms with E-state index in [4.69, 9.17) is 0 Å². The fourth-order valence-electron chi connectivity index (χ4n) is 2.17. The molecule has 21 heavy (non-hydrogen) atoms. The zero-order valence-corrected chi connectivity index (χ0v) is 14.7. The van der Waals surface area contributed by atoms with Gasteiger partial charge in [-0.05, 0) is 53.8 Å². The van der Waals surface area contributed by atoms with Crippen molar-refractivity contribution in [3.05, 3.63) is 14.7 Å². The summed E-state index contributed by atoms with van der Waals surface area (Å²) in [6.45, 7) is 2.33. The Morgan fingerprint density at radius 3 is 3.00 bits per heavy atom. The molecule has 1 fully saturated rings. The van der Waals surface area contributed by atoms with E-state index in [2.05, 4.69) is 30.7 Å². The van der Waals surface area contributed by atoms with Crippen LogP contribution in [0.4, 0.5) is 0 Å². The standard InChI is InChI=1S/C12H17BrN2O4S2/c1-19-12(16)9-6-10(11(13)20-9)21(17,18)15-5-3-8-2-4-14-7-8/h6,8,14-15H,2-5,7H2,1H3. The molecule has 1 aliphatic heterocycles. The molecule has 2 rings (SSSR count). The summed E-state index contributed by atoms with van der Waals surface area (Å²) in [5, 5.41) is 3.25. The molecule has 0 spiro atoms. The Morgan fingerprint density at radius 1 is 1.62 bits per heavy atom. The van der Waals surface area contributed by atoms with Crippen molar-refractivity contribution in [2.24, 2.45) is 5.92 Å². The predicted molar refractivity (Wildman–Crippen MR) is 84.1 cm³/mol. The van der Waals surface area contributed by atoms with E-state index in [1.165, 1.54) is 13.2 Å². The van der Waals surface area contributed by atoms with Crippen LogP contribution in [0.15, 0.2) is 14.7 Å². The molecule has 6 nitrogen and oxygen atoms in total. The molecule has 0 aromatic carbocycles. The highest BCUT2D eigenvalue weighted by Crippen LogP contribution is 2.32. The minimum absolute atomic E-state index is 0.0810. The Balaban J connectivity index is 2.01. The van der Waals surface area contributed by atoms with E-state index in [0.717, 1.165) is 37.3 Å². The van der Waals surface area contributed by atoms with Gasteiger partial charge in [-0.15, -0.1) is 11.3 Å². The van der Waals surface area contributed by atoms with Crippen LogP contribution in [0.3, 0.4) is 0 Å². The molecule has 0 bridgehead atoms. The predicted octanol–water partition coefficient (Wildman–Crippen LogP) is 1.58. The summed E-state index contributed by atoms with van der Waals surface area (Å²) < 4.78 is 32.1. The van der Waals surface area contributed by atoms with Crippen molar-refractivity contribution in [2.45, 2.75) is 17.7 Å². The van der Waals surface area contributed by atoms with Crippen LogP contribution in [0.5, 0.6) is 0 Å². The fraction of sp³-hybridized carbons (Fsp3) is 0.583. The van der Waals surface area contributed by atoms with Gasteiger partial charge in [-0.25, -0.2) is 17.9 Å². The second-order valence-corrected chi connectivity index (χ2v) is 8.89. The monoisotopic (exact) mass is 396 g/mol. The number of methoxy groups -OCH3 is 1. The number of rotatable bonds is 6. The van der Waals surface area contributed by atoms with Crippen LogP contribution in [0.1, 0.15) is 22.5 Å². The molecule has 2 N–H and O–H groups in total. The van der Waals surface area contributed by atoms with Gasteiger partial charge in [0, 0.05) is 6.54 Å². The molecule has 1 aromatic heterocycles. The van der Waals surface area contributed by atoms with Crippen LogP contribution in [0, 0.1) is 5.92 Å². The third-order valence-electron chi connectivity index (χ3n) is 3.34. The highest BCUT2D eigenvalue weighted by molar-refractivity contribution is 9.11. The lowest BCUT2D eigenvalue weighted by atomic mass is 10.1. The van der Waals surface area contributed by atoms with E-state index < -0.39 is 16.0 Å². The molecule has 0 amide bonds. The average Bonchev–Trinajstić information content (AvgIpc) is 3.07. The van der Waals surface area contributed by atoms with Gasteiger partial charge in [0.15, 0.2) is 0 Å². The van der Waals surface area contributed by atoms with Gasteiger partial charge in [0.05, 0.1) is 10.9 Å². The molecule has 1 aromatic rings. The third-order valence-corrected chi connectivity index (χ3v) is 7.03. The van der Waals surface area contributed by atoms with Crippen LogP contribution >= 0.6 is 27.3 Å². The van der Waals surface area contributed by atoms with E-state index >= 15 is 0 Å². The molecule has 1 aliphatic rings. The van der Waals surface area contributed by atoms with Crippen molar-refractivity contribution < 1.29 is 17.9 Å². The maximum atomic E-state index is 12.2. The first kappa shape index (κ1) is 16.9. The summed E-state index contributed by atoms with van der Waals surface area (Å²) in [5.74, 6) is -0.0246. The van der Waals surface area contributed by atoms with Gasteiger partial charge < -0.3 is 10.1 Å². The molecule has 0 radical (unpaired) electrons. The van der Waals surface area contributed by atoms with Gasteiger partial charge in [0.1, 0.15) is 9.77 Å². The summed E-state index contributed by atoms with van der Waals surface area (Å²) >= 11 is 4.24. The number of sulfonamides is 1. The molecule has 0 aliphatic carbocycles. The molecule has 0 saturated carbocycles. The number of hydrogen-bond donors (Lipinski definition) is 2. The first-order valence-corrected chi connectivity index (χ1v) is 9.61. The molecule has 118 valence electrons. The van der Waals surface area contributed by atoms with E-state index in [-0.39, 0.29) is 9.77 Å². The van der Waals surface area contributed by atoms with E-state index in [1.807, 2.05) is 0 Å². The van der Waals surface area contributed by atoms with Crippen molar-refractivity contribution in [1.29, 1.82) is 0 Å². The van der Waals surface area contributed by atoms with Gasteiger partial charge in [0.25, 0.3) is 0 Å². The summed E-state index contributed by atoms with van der Waals surface area (Å²) in [6.07, 6.45) is 1.88. The fourth-order valence-corrected chi connectivity index (χ4v) is 5.70. The largest absolute Gasteiger partial charge is 0.465 e. The topological polar surface area (TPSA) is 84.5 Å². The number of hydrogen-bond acceptors (Lipinski definition) is 6. The van der Waals surface area contributed by atoms with E-state index in [0.29, 0.717) is 16.2 Å². The lowest BCUT2D eigenvalue weighted by Gasteiger charge is -2.09. The Morgan fingerprint density at radius 2 is 2.38 bits per heavy atom. The van der Waals surface area contributed by atoms with Gasteiger partial charge in [-0.3, -0.25) is 0 Å². The molecule has 1 atom stereocenters. The van der Waals surface area contributed by atoms with Gasteiger partial charge in [0.2, 0.25) is 10.0 Å². The van der Waals surface area contributed by atoms with Gasteiger partial charge in [-0.2, -0.15) is 0 Å². The Labute approximate surface area is 136 Å². The Kier molecular flexibility index (Phi) is 5.78. The number of ether oxygens (including phenoxy) is 1. The average molecular weight is 397 g/mol. The zero-order valence-electron chi connectivity index (χ0n) is 11.5. The third kappa shape index (κ3) is 4.26. The summed E-state index contributed by atoms with van der Waals surface area (Å²) in [7, 11) is -2.36. The van der Waals surface area contributed by atoms with Crippen molar-refractivity contribution in [3.8, 4) is 0 Å². The summed E-state index contributed by atoms with van der Waals surface area (Å²) in [5.41, 5.74) is 0. The maximum Gasteiger partial charge on any atom is 0.348 e. The Bertz CT molecular complexity index is 609. The van der Waals surface area contributed by atoms with Crippen molar-refractivity contribution >= 4 is 43.3 Å². The minimum atomic E-state index is -3.62. The number of carbonyl (C=O) groups excluding carboxylic acids is 1. The van der Waals surface area contributed by atoms with Crippen molar-refractivity contribution in [2.75, 3.05) is 26.7 Å². The normalized spacial score (nSPS) is 18.9. The van der Waals surface area contributed by atoms with Crippen LogP contribution in [-0.2, 0) is 14.8 Å². The second kappa shape index (κ2) is 7.19. The first-order chi connectivity index (χ1) is 9.94. The molecule has 1 unspecified atom stereocenters. The van der Waals surface area contributed by atoms with Crippen LogP contribution in [0.2, 0.25) is 0 Å². The molecular weight excluding hydrogens is 380 g/mol. The molecule has 1 saturated heterocycles. The van der Waals surface area contributed by atoms with Crippen LogP contribution in [-0.4, -0.2) is 41.1 Å². The highest BCUT2D eigenvalue weighted by atomic mass is 79.9. The van der Waals surface area contributed by atoms with Gasteiger partial charge in [-0.1, -0.05) is 0 Å². The lowest BCUT2D eigenvalue weighted by Crippen LogP contribution is -2.26. The van der Waals surface area contributed by atoms with Crippen LogP contribution < -0.4 is 10.0 Å². The molecular formula is C12H17BrN2O4S2. The maximum absolute atomic E-state index is 12.2. The number of thiophene rings is 1. The smallest absolute Gasteiger partial charge is 0.348 e. The highest BCUT2D eigenvalue weighted by Gasteiger charge is 2.24. The van der Waals surface area contributed by atoms with Crippen molar-refractivity contribution in [3.63, 3.8) is 0 Å². The van der Waals surface area contributed by atoms with Crippen LogP contribution in [0.25, 0.3) is 0 Å². The minimum Gasteiger partial charge on any atom is -0.465 e. The SMILES string of the molecule is COC(=O)c1cc(S(=O)(=O)NCCC2CCNC2)c(Br)s1. The first-order valence-electron chi connectivity index (χ1n) is 6.52. The molecule has 9 heteroatoms. The summed E-state index contributed by atoms with van der Waals surface area (Å²) in [6, 6.07) is 1.33. The zero-order chi connectivity index (χ0) is 15.5. The van der Waals surface area contributed by atoms with E-state index in [1.54, 1.807) is 0 Å². The van der Waals surface area contributed by atoms with E-state index in [9.17, 15) is 13.2 Å². The summed E-state index contributed by atoms with van der Waals surface area (Å²) in [4.78, 5) is 11.8. The second-order valence-electron chi connectivity index (χ2n) is 4.79. The molecule has 2 heterocycles. The number of esters is 1. The Hall–Kier alpha value is -0.480. The van der Waals surface area contributed by atoms with Gasteiger partial charge >= 0.3 is 5.97 Å². The number of carbonyl (C=O) groups is 1. The lowest BCUT2D eigenvalue weighted by molar-refractivity contribution is 0.0606.